The summed E-state index contributed by atoms with van der Waals surface area (Å²) in [4.78, 5) is 25.2. The van der Waals surface area contributed by atoms with Gasteiger partial charge < -0.3 is 10.0 Å². The Hall–Kier alpha value is -1.73. The van der Waals surface area contributed by atoms with Gasteiger partial charge in [-0.3, -0.25) is 4.79 Å². The summed E-state index contributed by atoms with van der Waals surface area (Å²) in [5.74, 6) is -1.37. The van der Waals surface area contributed by atoms with E-state index in [4.69, 9.17) is 0 Å². The number of aryl methyl sites for hydroxylation is 2. The Morgan fingerprint density at radius 1 is 1.33 bits per heavy atom. The summed E-state index contributed by atoms with van der Waals surface area (Å²) < 4.78 is 4.70. The van der Waals surface area contributed by atoms with Gasteiger partial charge in [-0.2, -0.15) is 4.37 Å². The largest absolute Gasteiger partial charge is 0.478 e. The monoisotopic (exact) mass is 368 g/mol. The van der Waals surface area contributed by atoms with Crippen LogP contribution < -0.4 is 4.90 Å². The molecule has 0 atom stereocenters. The van der Waals surface area contributed by atoms with Crippen molar-refractivity contribution in [3.8, 4) is 0 Å². The van der Waals surface area contributed by atoms with Crippen LogP contribution in [0.2, 0.25) is 0 Å². The Balaban J connectivity index is 2.42. The number of carboxylic acids is 1. The van der Waals surface area contributed by atoms with E-state index in [1.165, 1.54) is 4.90 Å². The highest BCUT2D eigenvalue weighted by Crippen LogP contribution is 2.30. The number of carboxylic acid groups (broad SMARTS) is 1. The maximum absolute atomic E-state index is 12.5. The van der Waals surface area contributed by atoms with Gasteiger partial charge in [0, 0.05) is 11.5 Å². The number of benzene rings is 1. The molecule has 1 heterocycles. The third-order valence-corrected chi connectivity index (χ3v) is 4.70. The molecular weight excluding hydrogens is 356 g/mol. The summed E-state index contributed by atoms with van der Waals surface area (Å²) in [6, 6.07) is 5.39. The molecule has 0 aliphatic rings. The van der Waals surface area contributed by atoms with Gasteiger partial charge in [0.15, 0.2) is 0 Å². The van der Waals surface area contributed by atoms with Crippen molar-refractivity contribution in [2.75, 3.05) is 11.9 Å². The van der Waals surface area contributed by atoms with E-state index >= 15 is 0 Å². The molecule has 1 N–H and O–H groups in total. The Labute approximate surface area is 134 Å². The van der Waals surface area contributed by atoms with Crippen LogP contribution in [0.1, 0.15) is 32.0 Å². The van der Waals surface area contributed by atoms with E-state index in [1.807, 2.05) is 19.1 Å². The van der Waals surface area contributed by atoms with Crippen LogP contribution in [0.3, 0.4) is 0 Å². The van der Waals surface area contributed by atoms with Crippen molar-refractivity contribution in [2.45, 2.75) is 13.8 Å². The fourth-order valence-corrected chi connectivity index (χ4v) is 3.41. The highest BCUT2D eigenvalue weighted by molar-refractivity contribution is 9.10. The Morgan fingerprint density at radius 3 is 2.57 bits per heavy atom. The van der Waals surface area contributed by atoms with Crippen LogP contribution in [0.5, 0.6) is 0 Å². The topological polar surface area (TPSA) is 70.5 Å². The van der Waals surface area contributed by atoms with Crippen LogP contribution in [0, 0.1) is 13.8 Å². The molecule has 1 aromatic heterocycles. The zero-order chi connectivity index (χ0) is 15.7. The van der Waals surface area contributed by atoms with Crippen LogP contribution in [-0.2, 0) is 0 Å². The second-order valence-corrected chi connectivity index (χ2v) is 6.21. The molecule has 1 aromatic carbocycles. The molecule has 0 fully saturated rings. The van der Waals surface area contributed by atoms with E-state index in [-0.39, 0.29) is 11.5 Å². The molecule has 0 spiro atoms. The van der Waals surface area contributed by atoms with Gasteiger partial charge in [0.1, 0.15) is 10.6 Å². The molecule has 5 nitrogen and oxygen atoms in total. The molecule has 2 aromatic rings. The lowest BCUT2D eigenvalue weighted by molar-refractivity contribution is 0.0697. The fraction of sp³-hybridized carbons (Fsp3) is 0.214. The van der Waals surface area contributed by atoms with Gasteiger partial charge in [0.2, 0.25) is 0 Å². The number of anilines is 1. The highest BCUT2D eigenvalue weighted by atomic mass is 79.9. The highest BCUT2D eigenvalue weighted by Gasteiger charge is 2.25. The van der Waals surface area contributed by atoms with Crippen molar-refractivity contribution >= 4 is 44.3 Å². The van der Waals surface area contributed by atoms with E-state index in [0.717, 1.165) is 17.1 Å². The summed E-state index contributed by atoms with van der Waals surface area (Å²) >= 11 is 4.37. The summed E-state index contributed by atoms with van der Waals surface area (Å²) in [5, 5.41) is 9.58. The van der Waals surface area contributed by atoms with Crippen LogP contribution in [0.15, 0.2) is 22.7 Å². The summed E-state index contributed by atoms with van der Waals surface area (Å²) in [6.45, 7) is 3.54. The number of aromatic nitrogens is 1. The molecule has 0 aliphatic heterocycles. The number of hydrogen-bond donors (Lipinski definition) is 1. The molecule has 0 unspecified atom stereocenters. The van der Waals surface area contributed by atoms with Gasteiger partial charge in [-0.05, 0) is 59.0 Å². The summed E-state index contributed by atoms with van der Waals surface area (Å²) in [7, 11) is 1.55. The average Bonchev–Trinajstić information content (AvgIpc) is 2.79. The van der Waals surface area contributed by atoms with Crippen molar-refractivity contribution in [2.24, 2.45) is 0 Å². The number of aromatic carboxylic acids is 1. The first-order chi connectivity index (χ1) is 9.82. The Kier molecular flexibility index (Phi) is 4.43. The van der Waals surface area contributed by atoms with Crippen LogP contribution in [0.4, 0.5) is 5.00 Å². The zero-order valence-corrected chi connectivity index (χ0v) is 14.1. The molecule has 21 heavy (non-hydrogen) atoms. The molecule has 0 aliphatic carbocycles. The molecule has 0 saturated heterocycles. The first-order valence-corrected chi connectivity index (χ1v) is 7.63. The molecule has 110 valence electrons. The first-order valence-electron chi connectivity index (χ1n) is 6.06. The predicted molar refractivity (Wildman–Crippen MR) is 85.4 cm³/mol. The molecular formula is C14H13BrN2O3S. The lowest BCUT2D eigenvalue weighted by atomic mass is 10.1. The van der Waals surface area contributed by atoms with Gasteiger partial charge in [0.25, 0.3) is 5.91 Å². The molecule has 0 bridgehead atoms. The third kappa shape index (κ3) is 2.98. The van der Waals surface area contributed by atoms with E-state index in [2.05, 4.69) is 20.3 Å². The van der Waals surface area contributed by atoms with Crippen molar-refractivity contribution in [3.05, 3.63) is 45.1 Å². The smallest absolute Gasteiger partial charge is 0.340 e. The van der Waals surface area contributed by atoms with E-state index in [0.29, 0.717) is 20.7 Å². The fourth-order valence-electron chi connectivity index (χ4n) is 1.90. The van der Waals surface area contributed by atoms with Crippen LogP contribution >= 0.6 is 27.5 Å². The number of amides is 1. The van der Waals surface area contributed by atoms with Gasteiger partial charge in [-0.25, -0.2) is 4.79 Å². The first kappa shape index (κ1) is 15.7. The normalized spacial score (nSPS) is 10.5. The van der Waals surface area contributed by atoms with Crippen molar-refractivity contribution in [1.82, 2.24) is 4.37 Å². The number of hydrogen-bond acceptors (Lipinski definition) is 4. The number of nitrogens with zero attached hydrogens (tertiary/aromatic N) is 2. The third-order valence-electron chi connectivity index (χ3n) is 3.02. The number of carbonyl (C=O) groups excluding carboxylic acids is 1. The molecule has 0 radical (unpaired) electrons. The molecule has 2 rings (SSSR count). The number of rotatable bonds is 3. The predicted octanol–water partition coefficient (Wildman–Crippen LogP) is 3.50. The van der Waals surface area contributed by atoms with Gasteiger partial charge in [0.05, 0.1) is 11.3 Å². The minimum atomic E-state index is -1.08. The minimum Gasteiger partial charge on any atom is -0.478 e. The van der Waals surface area contributed by atoms with Crippen molar-refractivity contribution < 1.29 is 14.7 Å². The Morgan fingerprint density at radius 2 is 2.00 bits per heavy atom. The average molecular weight is 369 g/mol. The summed E-state index contributed by atoms with van der Waals surface area (Å²) in [5.41, 5.74) is 1.98. The Bertz CT molecular complexity index is 727. The quantitative estimate of drug-likeness (QED) is 0.899. The SMILES string of the molecule is Cc1ccc(C(=O)N(C)c2snc(C)c2C(=O)O)c(Br)c1. The lowest BCUT2D eigenvalue weighted by Crippen LogP contribution is -2.27. The zero-order valence-electron chi connectivity index (χ0n) is 11.7. The maximum atomic E-state index is 12.5. The molecule has 1 amide bonds. The summed E-state index contributed by atoms with van der Waals surface area (Å²) in [6.07, 6.45) is 0. The second-order valence-electron chi connectivity index (χ2n) is 4.60. The molecule has 7 heteroatoms. The number of halogens is 1. The molecule has 0 saturated carbocycles. The van der Waals surface area contributed by atoms with Crippen LogP contribution in [0.25, 0.3) is 0 Å². The van der Waals surface area contributed by atoms with E-state index in [9.17, 15) is 14.7 Å². The number of carbonyl (C=O) groups is 2. The lowest BCUT2D eigenvalue weighted by Gasteiger charge is -2.17. The van der Waals surface area contributed by atoms with Gasteiger partial charge in [-0.15, -0.1) is 0 Å². The standard InChI is InChI=1S/C14H13BrN2O3S/c1-7-4-5-9(10(15)6-7)12(18)17(3)13-11(14(19)20)8(2)16-21-13/h4-6H,1-3H3,(H,19,20). The van der Waals surface area contributed by atoms with E-state index in [1.54, 1.807) is 20.0 Å². The minimum absolute atomic E-state index is 0.0686. The maximum Gasteiger partial charge on any atom is 0.340 e. The second kappa shape index (κ2) is 5.95. The van der Waals surface area contributed by atoms with Crippen molar-refractivity contribution in [3.63, 3.8) is 0 Å². The van der Waals surface area contributed by atoms with Gasteiger partial charge >= 0.3 is 5.97 Å². The van der Waals surface area contributed by atoms with Crippen molar-refractivity contribution in [1.29, 1.82) is 0 Å². The van der Waals surface area contributed by atoms with E-state index < -0.39 is 5.97 Å². The van der Waals surface area contributed by atoms with Crippen LogP contribution in [-0.4, -0.2) is 28.4 Å². The van der Waals surface area contributed by atoms with Gasteiger partial charge in [-0.1, -0.05) is 6.07 Å².